The zero-order chi connectivity index (χ0) is 38.6. The van der Waals surface area contributed by atoms with Crippen molar-refractivity contribution in [3.8, 4) is 11.4 Å². The van der Waals surface area contributed by atoms with Crippen LogP contribution in [-0.2, 0) is 0 Å². The molecule has 274 valence electrons. The minimum Gasteiger partial charge on any atom is -0.294 e. The van der Waals surface area contributed by atoms with Crippen LogP contribution in [-0.4, -0.2) is 32.7 Å². The number of imidazole rings is 2. The fourth-order valence-corrected chi connectivity index (χ4v) is 13.1. The minimum atomic E-state index is -1.88. The van der Waals surface area contributed by atoms with Crippen molar-refractivity contribution in [3.05, 3.63) is 158 Å². The van der Waals surface area contributed by atoms with Crippen molar-refractivity contribution in [2.45, 2.75) is 19.6 Å². The molecule has 0 radical (unpaired) electrons. The SMILES string of the molecule is C[Si](C)(C)c1cc2c3c(c1)-n1c4c5ccccc5c5ccccc5c4n4c5ccccc5c(c14)B3c1c3ccccc3n3c4c5ccccc5c5ccccc5c4n-2c13. The van der Waals surface area contributed by atoms with Crippen molar-refractivity contribution in [1.29, 1.82) is 0 Å². The van der Waals surface area contributed by atoms with Crippen LogP contribution < -0.4 is 21.6 Å². The third-order valence-electron chi connectivity index (χ3n) is 14.2. The molecule has 2 aliphatic heterocycles. The monoisotopic (exact) mass is 766 g/mol. The van der Waals surface area contributed by atoms with E-state index in [1.807, 2.05) is 0 Å². The number of benzene rings is 9. The second-order valence-corrected chi connectivity index (χ2v) is 23.1. The molecule has 0 unspecified atom stereocenters. The van der Waals surface area contributed by atoms with Crippen LogP contribution in [0.25, 0.3) is 110 Å². The van der Waals surface area contributed by atoms with Crippen molar-refractivity contribution in [2.24, 2.45) is 0 Å². The molecule has 0 bridgehead atoms. The van der Waals surface area contributed by atoms with Crippen LogP contribution in [0.1, 0.15) is 0 Å². The first kappa shape index (κ1) is 31.0. The number of aromatic nitrogens is 4. The van der Waals surface area contributed by atoms with Gasteiger partial charge in [0.1, 0.15) is 11.3 Å². The van der Waals surface area contributed by atoms with E-state index in [-0.39, 0.29) is 6.71 Å². The average Bonchev–Trinajstić information content (AvgIpc) is 4.01. The molecule has 6 heteroatoms. The third kappa shape index (κ3) is 3.42. The zero-order valence-electron chi connectivity index (χ0n) is 32.9. The largest absolute Gasteiger partial charge is 0.294 e. The maximum absolute atomic E-state index is 2.71. The Hall–Kier alpha value is -7.02. The summed E-state index contributed by atoms with van der Waals surface area (Å²) in [5.41, 5.74) is 17.2. The van der Waals surface area contributed by atoms with E-state index in [2.05, 4.69) is 195 Å². The Balaban J connectivity index is 1.29. The quantitative estimate of drug-likeness (QED) is 0.117. The smallest absolute Gasteiger partial charge is 0.258 e. The van der Waals surface area contributed by atoms with Crippen molar-refractivity contribution < 1.29 is 0 Å². The van der Waals surface area contributed by atoms with Gasteiger partial charge in [0.15, 0.2) is 0 Å². The van der Waals surface area contributed by atoms with Crippen molar-refractivity contribution in [2.75, 3.05) is 0 Å². The predicted molar refractivity (Wildman–Crippen MR) is 255 cm³/mol. The van der Waals surface area contributed by atoms with Gasteiger partial charge in [0.2, 0.25) is 0 Å². The van der Waals surface area contributed by atoms with Gasteiger partial charge in [-0.2, -0.15) is 0 Å². The normalized spacial score (nSPS) is 13.6. The molecule has 4 aromatic heterocycles. The molecule has 0 fully saturated rings. The van der Waals surface area contributed by atoms with Gasteiger partial charge in [0, 0.05) is 32.9 Å². The third-order valence-corrected chi connectivity index (χ3v) is 16.2. The fourth-order valence-electron chi connectivity index (χ4n) is 11.9. The van der Waals surface area contributed by atoms with E-state index in [0.717, 1.165) is 0 Å². The average molecular weight is 767 g/mol. The van der Waals surface area contributed by atoms with Crippen LogP contribution in [0.3, 0.4) is 0 Å². The summed E-state index contributed by atoms with van der Waals surface area (Å²) in [6.07, 6.45) is 0. The van der Waals surface area contributed by atoms with Crippen LogP contribution in [0.2, 0.25) is 19.6 Å². The number of nitrogens with zero attached hydrogens (tertiary/aromatic N) is 4. The van der Waals surface area contributed by atoms with Gasteiger partial charge >= 0.3 is 0 Å². The highest BCUT2D eigenvalue weighted by Crippen LogP contribution is 2.45. The first-order valence-electron chi connectivity index (χ1n) is 20.9. The van der Waals surface area contributed by atoms with E-state index < -0.39 is 8.07 Å². The molecule has 0 aliphatic carbocycles. The fraction of sp³-hybridized carbons (Fsp3) is 0.0566. The van der Waals surface area contributed by atoms with Gasteiger partial charge in [0.05, 0.1) is 41.2 Å². The molecule has 4 nitrogen and oxygen atoms in total. The Morgan fingerprint density at radius 3 is 1.05 bits per heavy atom. The van der Waals surface area contributed by atoms with Crippen LogP contribution >= 0.6 is 0 Å². The van der Waals surface area contributed by atoms with Gasteiger partial charge in [-0.05, 0) is 73.0 Å². The number of hydrogen-bond donors (Lipinski definition) is 0. The highest BCUT2D eigenvalue weighted by molar-refractivity contribution is 7.02. The minimum absolute atomic E-state index is 0.0177. The van der Waals surface area contributed by atoms with Gasteiger partial charge in [-0.15, -0.1) is 0 Å². The van der Waals surface area contributed by atoms with E-state index in [4.69, 9.17) is 0 Å². The summed E-state index contributed by atoms with van der Waals surface area (Å²) in [7, 11) is -1.88. The molecule has 0 saturated heterocycles. The van der Waals surface area contributed by atoms with E-state index in [1.54, 1.807) is 0 Å². The molecule has 0 spiro atoms. The summed E-state index contributed by atoms with van der Waals surface area (Å²) in [5, 5.41) is 14.5. The van der Waals surface area contributed by atoms with Crippen LogP contribution in [0, 0.1) is 0 Å². The molecule has 6 heterocycles. The molecule has 15 rings (SSSR count). The lowest BCUT2D eigenvalue weighted by molar-refractivity contribution is 1.12. The summed E-state index contributed by atoms with van der Waals surface area (Å²) in [5.74, 6) is 0. The molecular weight excluding hydrogens is 732 g/mol. The highest BCUT2D eigenvalue weighted by Gasteiger charge is 2.46. The van der Waals surface area contributed by atoms with Crippen LogP contribution in [0.5, 0.6) is 0 Å². The first-order valence-corrected chi connectivity index (χ1v) is 24.4. The molecule has 13 aromatic rings. The molecule has 2 aliphatic rings. The molecule has 0 atom stereocenters. The standard InChI is InChI=1S/C53H35BN4Si/c1-59(2,3)30-28-43-47-44(29-30)58-51-38-23-11-7-19-34(38)32-17-5-9-21-36(32)49(51)56-42-27-15-13-25-40(42)46(53(56)58)54(47)45-39-24-12-14-26-41(39)55-48-35-20-8-4-16-31(35)33-18-6-10-22-37(33)50(48)57(43)52(45)55/h4-29H,1-3H3. The lowest BCUT2D eigenvalue weighted by atomic mass is 9.34. The molecule has 9 aromatic carbocycles. The van der Waals surface area contributed by atoms with Crippen LogP contribution in [0.15, 0.2) is 158 Å². The molecule has 0 N–H and O–H groups in total. The van der Waals surface area contributed by atoms with E-state index >= 15 is 0 Å². The molecule has 59 heavy (non-hydrogen) atoms. The van der Waals surface area contributed by atoms with E-state index in [1.165, 1.54) is 131 Å². The topological polar surface area (TPSA) is 18.7 Å². The molecule has 0 saturated carbocycles. The second kappa shape index (κ2) is 10.2. The van der Waals surface area contributed by atoms with Gasteiger partial charge in [0.25, 0.3) is 6.71 Å². The van der Waals surface area contributed by atoms with Gasteiger partial charge in [-0.1, -0.05) is 158 Å². The Kier molecular flexibility index (Phi) is 5.34. The Labute approximate surface area is 339 Å². The van der Waals surface area contributed by atoms with E-state index in [9.17, 15) is 0 Å². The Morgan fingerprint density at radius 1 is 0.356 bits per heavy atom. The maximum Gasteiger partial charge on any atom is 0.258 e. The molecule has 0 amide bonds. The maximum atomic E-state index is 2.71. The summed E-state index contributed by atoms with van der Waals surface area (Å²) in [6.45, 7) is 7.55. The van der Waals surface area contributed by atoms with Crippen molar-refractivity contribution in [1.82, 2.24) is 17.9 Å². The summed E-state index contributed by atoms with van der Waals surface area (Å²) >= 11 is 0. The van der Waals surface area contributed by atoms with Gasteiger partial charge in [-0.25, -0.2) is 0 Å². The van der Waals surface area contributed by atoms with E-state index in [0.29, 0.717) is 0 Å². The zero-order valence-corrected chi connectivity index (χ0v) is 33.9. The number of para-hydroxylation sites is 2. The summed E-state index contributed by atoms with van der Waals surface area (Å²) in [6, 6.07) is 60.0. The van der Waals surface area contributed by atoms with Crippen molar-refractivity contribution >= 4 is 135 Å². The molecular formula is C53H35BN4Si. The predicted octanol–water partition coefficient (Wildman–Crippen LogP) is 10.7. The Bertz CT molecular complexity index is 3870. The lowest BCUT2D eigenvalue weighted by Gasteiger charge is -2.33. The van der Waals surface area contributed by atoms with Crippen LogP contribution in [0.4, 0.5) is 0 Å². The van der Waals surface area contributed by atoms with Gasteiger partial charge < -0.3 is 0 Å². The van der Waals surface area contributed by atoms with Gasteiger partial charge in [-0.3, -0.25) is 17.9 Å². The Morgan fingerprint density at radius 2 is 0.678 bits per heavy atom. The number of hydrogen-bond acceptors (Lipinski definition) is 0. The summed E-state index contributed by atoms with van der Waals surface area (Å²) < 4.78 is 10.7. The lowest BCUT2D eigenvalue weighted by Crippen LogP contribution is -2.60. The van der Waals surface area contributed by atoms with Crippen molar-refractivity contribution in [3.63, 3.8) is 0 Å². The summed E-state index contributed by atoms with van der Waals surface area (Å²) in [4.78, 5) is 0. The highest BCUT2D eigenvalue weighted by atomic mass is 28.3. The number of fused-ring (bicyclic) bond motifs is 26. The number of rotatable bonds is 1. The first-order chi connectivity index (χ1) is 29.0. The second-order valence-electron chi connectivity index (χ2n) is 18.0.